The van der Waals surface area contributed by atoms with Crippen LogP contribution in [-0.2, 0) is 11.3 Å². The van der Waals surface area contributed by atoms with Gasteiger partial charge in [-0.2, -0.15) is 0 Å². The standard InChI is InChI=1S/C14H19N3OS/c1-10(2)7-8-17-12-6-4-3-5-11(12)16-14(17)19-9-13(15)18/h3-6,10H,7-9H2,1-2H3,(H2,15,18). The second-order valence-corrected chi connectivity index (χ2v) is 5.91. The van der Waals surface area contributed by atoms with E-state index in [1.54, 1.807) is 0 Å². The van der Waals surface area contributed by atoms with Crippen LogP contribution in [0.2, 0.25) is 0 Å². The molecule has 0 atom stereocenters. The maximum Gasteiger partial charge on any atom is 0.227 e. The van der Waals surface area contributed by atoms with Crippen LogP contribution in [0.4, 0.5) is 0 Å². The number of aryl methyl sites for hydroxylation is 1. The molecule has 19 heavy (non-hydrogen) atoms. The molecule has 0 saturated carbocycles. The number of fused-ring (bicyclic) bond motifs is 1. The average molecular weight is 277 g/mol. The molecule has 1 aromatic carbocycles. The van der Waals surface area contributed by atoms with E-state index in [1.807, 2.05) is 18.2 Å². The Hall–Kier alpha value is -1.49. The van der Waals surface area contributed by atoms with Crippen molar-refractivity contribution < 1.29 is 4.79 Å². The number of aromatic nitrogens is 2. The summed E-state index contributed by atoms with van der Waals surface area (Å²) in [6, 6.07) is 8.05. The predicted octanol–water partition coefficient (Wildman–Crippen LogP) is 2.66. The maximum atomic E-state index is 10.9. The van der Waals surface area contributed by atoms with Gasteiger partial charge in [-0.1, -0.05) is 37.7 Å². The lowest BCUT2D eigenvalue weighted by Gasteiger charge is -2.10. The van der Waals surface area contributed by atoms with E-state index in [4.69, 9.17) is 5.73 Å². The first-order valence-electron chi connectivity index (χ1n) is 6.44. The molecule has 0 aliphatic carbocycles. The normalized spacial score (nSPS) is 11.3. The monoisotopic (exact) mass is 277 g/mol. The quantitative estimate of drug-likeness (QED) is 0.826. The molecule has 0 radical (unpaired) electrons. The molecule has 0 bridgehead atoms. The van der Waals surface area contributed by atoms with Gasteiger partial charge in [-0.05, 0) is 24.5 Å². The number of carbonyl (C=O) groups excluding carboxylic acids is 1. The molecule has 2 aromatic rings. The number of nitrogens with zero attached hydrogens (tertiary/aromatic N) is 2. The molecule has 0 saturated heterocycles. The third-order valence-corrected chi connectivity index (χ3v) is 3.89. The van der Waals surface area contributed by atoms with Crippen molar-refractivity contribution in [3.05, 3.63) is 24.3 Å². The highest BCUT2D eigenvalue weighted by molar-refractivity contribution is 7.99. The van der Waals surface area contributed by atoms with Crippen LogP contribution in [0, 0.1) is 5.92 Å². The number of amides is 1. The molecule has 1 heterocycles. The first-order chi connectivity index (χ1) is 9.08. The van der Waals surface area contributed by atoms with Crippen molar-refractivity contribution in [3.8, 4) is 0 Å². The zero-order valence-electron chi connectivity index (χ0n) is 11.3. The first-order valence-corrected chi connectivity index (χ1v) is 7.43. The molecule has 2 rings (SSSR count). The molecule has 102 valence electrons. The lowest BCUT2D eigenvalue weighted by molar-refractivity contribution is -0.115. The van der Waals surface area contributed by atoms with Crippen molar-refractivity contribution in [2.45, 2.75) is 32.0 Å². The topological polar surface area (TPSA) is 60.9 Å². The summed E-state index contributed by atoms with van der Waals surface area (Å²) in [6.07, 6.45) is 1.09. The molecule has 0 aliphatic rings. The Labute approximate surface area is 117 Å². The van der Waals surface area contributed by atoms with Crippen molar-refractivity contribution in [3.63, 3.8) is 0 Å². The summed E-state index contributed by atoms with van der Waals surface area (Å²) < 4.78 is 2.18. The Bertz CT molecular complexity index is 577. The molecule has 0 unspecified atom stereocenters. The summed E-state index contributed by atoms with van der Waals surface area (Å²) >= 11 is 1.41. The number of hydrogen-bond acceptors (Lipinski definition) is 3. The van der Waals surface area contributed by atoms with E-state index in [0.29, 0.717) is 5.92 Å². The van der Waals surface area contributed by atoms with Crippen LogP contribution in [0.15, 0.2) is 29.4 Å². The van der Waals surface area contributed by atoms with Crippen LogP contribution < -0.4 is 5.73 Å². The Balaban J connectivity index is 2.31. The fourth-order valence-electron chi connectivity index (χ4n) is 1.90. The minimum atomic E-state index is -0.313. The lowest BCUT2D eigenvalue weighted by Crippen LogP contribution is -2.14. The van der Waals surface area contributed by atoms with Gasteiger partial charge in [0.25, 0.3) is 0 Å². The summed E-state index contributed by atoms with van der Waals surface area (Å²) in [6.45, 7) is 5.32. The van der Waals surface area contributed by atoms with E-state index in [0.717, 1.165) is 29.2 Å². The van der Waals surface area contributed by atoms with E-state index in [9.17, 15) is 4.79 Å². The van der Waals surface area contributed by atoms with Gasteiger partial charge in [0, 0.05) is 6.54 Å². The minimum Gasteiger partial charge on any atom is -0.369 e. The number of nitrogens with two attached hydrogens (primary N) is 1. The van der Waals surface area contributed by atoms with Gasteiger partial charge in [-0.3, -0.25) is 4.79 Å². The maximum absolute atomic E-state index is 10.9. The SMILES string of the molecule is CC(C)CCn1c(SCC(N)=O)nc2ccccc21. The van der Waals surface area contributed by atoms with Crippen molar-refractivity contribution in [2.24, 2.45) is 11.7 Å². The fraction of sp³-hybridized carbons (Fsp3) is 0.429. The largest absolute Gasteiger partial charge is 0.369 e. The predicted molar refractivity (Wildman–Crippen MR) is 79.1 cm³/mol. The Morgan fingerprint density at radius 3 is 2.84 bits per heavy atom. The van der Waals surface area contributed by atoms with E-state index >= 15 is 0 Å². The molecule has 5 heteroatoms. The highest BCUT2D eigenvalue weighted by Gasteiger charge is 2.12. The van der Waals surface area contributed by atoms with Crippen molar-refractivity contribution >= 4 is 28.7 Å². The van der Waals surface area contributed by atoms with Crippen LogP contribution in [0.25, 0.3) is 11.0 Å². The van der Waals surface area contributed by atoms with E-state index in [1.165, 1.54) is 11.8 Å². The molecule has 0 fully saturated rings. The van der Waals surface area contributed by atoms with Crippen molar-refractivity contribution in [1.29, 1.82) is 0 Å². The molecule has 4 nitrogen and oxygen atoms in total. The highest BCUT2D eigenvalue weighted by Crippen LogP contribution is 2.24. The van der Waals surface area contributed by atoms with Crippen LogP contribution in [0.3, 0.4) is 0 Å². The zero-order chi connectivity index (χ0) is 13.8. The highest BCUT2D eigenvalue weighted by atomic mass is 32.2. The van der Waals surface area contributed by atoms with E-state index in [-0.39, 0.29) is 11.7 Å². The average Bonchev–Trinajstić information content (AvgIpc) is 2.71. The second kappa shape index (κ2) is 6.10. The van der Waals surface area contributed by atoms with Crippen molar-refractivity contribution in [2.75, 3.05) is 5.75 Å². The van der Waals surface area contributed by atoms with Crippen molar-refractivity contribution in [1.82, 2.24) is 9.55 Å². The molecule has 2 N–H and O–H groups in total. The van der Waals surface area contributed by atoms with Crippen LogP contribution >= 0.6 is 11.8 Å². The summed E-state index contributed by atoms with van der Waals surface area (Å²) in [4.78, 5) is 15.5. The summed E-state index contributed by atoms with van der Waals surface area (Å²) in [5, 5.41) is 0.876. The summed E-state index contributed by atoms with van der Waals surface area (Å²) in [5.74, 6) is 0.591. The summed E-state index contributed by atoms with van der Waals surface area (Å²) in [7, 11) is 0. The zero-order valence-corrected chi connectivity index (χ0v) is 12.1. The van der Waals surface area contributed by atoms with Gasteiger partial charge in [-0.15, -0.1) is 0 Å². The van der Waals surface area contributed by atoms with Gasteiger partial charge >= 0.3 is 0 Å². The third kappa shape index (κ3) is 3.50. The molecular formula is C14H19N3OS. The molecule has 1 amide bonds. The Morgan fingerprint density at radius 2 is 2.16 bits per heavy atom. The number of rotatable bonds is 6. The Morgan fingerprint density at radius 1 is 1.42 bits per heavy atom. The van der Waals surface area contributed by atoms with Crippen LogP contribution in [-0.4, -0.2) is 21.2 Å². The number of hydrogen-bond donors (Lipinski definition) is 1. The lowest BCUT2D eigenvalue weighted by atomic mass is 10.1. The Kier molecular flexibility index (Phi) is 4.47. The number of carbonyl (C=O) groups is 1. The van der Waals surface area contributed by atoms with Gasteiger partial charge in [0.05, 0.1) is 16.8 Å². The van der Waals surface area contributed by atoms with Crippen LogP contribution in [0.5, 0.6) is 0 Å². The van der Waals surface area contributed by atoms with Gasteiger partial charge in [0.1, 0.15) is 0 Å². The van der Waals surface area contributed by atoms with Gasteiger partial charge in [0.2, 0.25) is 5.91 Å². The van der Waals surface area contributed by atoms with Gasteiger partial charge < -0.3 is 10.3 Å². The molecule has 1 aromatic heterocycles. The van der Waals surface area contributed by atoms with Gasteiger partial charge in [0.15, 0.2) is 5.16 Å². The second-order valence-electron chi connectivity index (χ2n) is 4.97. The third-order valence-electron chi connectivity index (χ3n) is 2.89. The summed E-state index contributed by atoms with van der Waals surface area (Å²) in [5.41, 5.74) is 7.30. The van der Waals surface area contributed by atoms with Crippen LogP contribution in [0.1, 0.15) is 20.3 Å². The molecule has 0 spiro atoms. The number of para-hydroxylation sites is 2. The minimum absolute atomic E-state index is 0.269. The van der Waals surface area contributed by atoms with Gasteiger partial charge in [-0.25, -0.2) is 4.98 Å². The smallest absolute Gasteiger partial charge is 0.227 e. The number of benzene rings is 1. The molecular weight excluding hydrogens is 258 g/mol. The van der Waals surface area contributed by atoms with E-state index in [2.05, 4.69) is 29.5 Å². The molecule has 0 aliphatic heterocycles. The number of primary amides is 1. The number of imidazole rings is 1. The first kappa shape index (κ1) is 13.9. The number of thioether (sulfide) groups is 1. The fourth-order valence-corrected chi connectivity index (χ4v) is 2.68. The van der Waals surface area contributed by atoms with E-state index < -0.39 is 0 Å².